The fourth-order valence-corrected chi connectivity index (χ4v) is 20.9. The summed E-state index contributed by atoms with van der Waals surface area (Å²) in [5, 5.41) is 37.9. The maximum atomic E-state index is 2.55. The van der Waals surface area contributed by atoms with E-state index in [0.717, 1.165) is 33.4 Å². The van der Waals surface area contributed by atoms with E-state index in [-0.39, 0.29) is 0 Å². The van der Waals surface area contributed by atoms with Gasteiger partial charge in [-0.05, 0) is 298 Å². The van der Waals surface area contributed by atoms with Crippen LogP contribution in [0.4, 0.5) is 0 Å². The lowest BCUT2D eigenvalue weighted by molar-refractivity contribution is 1.59. The van der Waals surface area contributed by atoms with Crippen LogP contribution in [0.2, 0.25) is 0 Å². The highest BCUT2D eigenvalue weighted by atomic mass is 14.3. The number of benzene rings is 25. The largest absolute Gasteiger partial charge is 0.0622 e. The summed E-state index contributed by atoms with van der Waals surface area (Å²) < 4.78 is 0. The van der Waals surface area contributed by atoms with Crippen molar-refractivity contribution < 1.29 is 0 Å². The zero-order chi connectivity index (χ0) is 74.4. The first-order valence-corrected chi connectivity index (χ1v) is 39.9. The number of fused-ring (bicyclic) bond motifs is 12. The second kappa shape index (κ2) is 24.3. The van der Waals surface area contributed by atoms with E-state index in [1.165, 1.54) is 228 Å². The van der Waals surface area contributed by atoms with E-state index < -0.39 is 0 Å². The van der Waals surface area contributed by atoms with Crippen LogP contribution in [-0.2, 0) is 0 Å². The topological polar surface area (TPSA) is 0 Å². The zero-order valence-corrected chi connectivity index (χ0v) is 62.1. The first-order valence-electron chi connectivity index (χ1n) is 39.9. The van der Waals surface area contributed by atoms with Crippen molar-refractivity contribution in [2.45, 2.75) is 0 Å². The van der Waals surface area contributed by atoms with Gasteiger partial charge >= 0.3 is 0 Å². The summed E-state index contributed by atoms with van der Waals surface area (Å²) in [6, 6.07) is 153. The summed E-state index contributed by atoms with van der Waals surface area (Å²) in [4.78, 5) is 0. The molecular formula is C114H66. The number of rotatable bonds is 9. The van der Waals surface area contributed by atoms with Crippen LogP contribution in [-0.4, -0.2) is 0 Å². The first-order chi connectivity index (χ1) is 56.6. The van der Waals surface area contributed by atoms with Crippen LogP contribution >= 0.6 is 0 Å². The highest BCUT2D eigenvalue weighted by Gasteiger charge is 2.29. The molecule has 0 spiro atoms. The van der Waals surface area contributed by atoms with E-state index >= 15 is 0 Å². The van der Waals surface area contributed by atoms with Gasteiger partial charge in [0.25, 0.3) is 0 Å². The smallest absolute Gasteiger partial charge is 0.000741 e. The van der Waals surface area contributed by atoms with Crippen LogP contribution in [0.1, 0.15) is 0 Å². The van der Waals surface area contributed by atoms with Crippen molar-refractivity contribution in [2.75, 3.05) is 0 Å². The third-order valence-corrected chi connectivity index (χ3v) is 25.5. The number of hydrogen-bond acceptors (Lipinski definition) is 0. The Kier molecular flexibility index (Phi) is 13.5. The highest BCUT2D eigenvalue weighted by molar-refractivity contribution is 6.45. The molecule has 114 heavy (non-hydrogen) atoms. The van der Waals surface area contributed by atoms with E-state index in [1.54, 1.807) is 0 Å². The zero-order valence-electron chi connectivity index (χ0n) is 62.1. The highest BCUT2D eigenvalue weighted by Crippen LogP contribution is 2.57. The molecule has 0 saturated carbocycles. The number of hydrogen-bond donors (Lipinski definition) is 0. The summed E-state index contributed by atoms with van der Waals surface area (Å²) in [7, 11) is 0. The first kappa shape index (κ1) is 63.0. The minimum Gasteiger partial charge on any atom is -0.0622 e. The van der Waals surface area contributed by atoms with Crippen LogP contribution in [0, 0.1) is 0 Å². The van der Waals surface area contributed by atoms with Gasteiger partial charge in [-0.25, -0.2) is 0 Å². The lowest BCUT2D eigenvalue weighted by Crippen LogP contribution is -1.96. The summed E-state index contributed by atoms with van der Waals surface area (Å²) >= 11 is 0. The van der Waals surface area contributed by atoms with Gasteiger partial charge in [0.1, 0.15) is 0 Å². The van der Waals surface area contributed by atoms with E-state index in [2.05, 4.69) is 400 Å². The van der Waals surface area contributed by atoms with Crippen molar-refractivity contribution in [3.8, 4) is 100 Å². The molecule has 0 heteroatoms. The molecular weight excluding hydrogens is 1370 g/mol. The van der Waals surface area contributed by atoms with Crippen LogP contribution in [0.3, 0.4) is 0 Å². The molecule has 0 aromatic heterocycles. The quantitative estimate of drug-likeness (QED) is 0.0998. The Balaban J connectivity index is 0.826. The standard InChI is InChI=1S/C114H66/c1-7-25-67(26-8-1)97-85-58-55-79(64-94(85)106(70-31-13-4-14-32-70)112-91-46-22-40-76-52-49-73-37-19-43-88(109(97)112)100(73)103(76)91)82-61-83(80-56-59-86-95(65-80)107(71-33-15-5-16-34-71)113-92-47-23-41-77-53-50-74-38-20-44-89(101(74)104(77)92)110(113)98(86)68-27-9-2-10-28-68)63-84(62-82)81-57-60-87-96(66-81)108(72-35-17-6-18-36-72)114-93-48-24-42-78-54-51-75-39-21-45-90(102(75)105(78)93)111(114)99(87)69-29-11-3-12-30-69/h1-66H. The molecule has 0 heterocycles. The Labute approximate surface area is 657 Å². The fraction of sp³-hybridized carbons (Fsp3) is 0. The van der Waals surface area contributed by atoms with Gasteiger partial charge in [0.15, 0.2) is 0 Å². The fourth-order valence-electron chi connectivity index (χ4n) is 20.9. The molecule has 0 saturated heterocycles. The maximum Gasteiger partial charge on any atom is -0.000741 e. The Morgan fingerprint density at radius 2 is 0.272 bits per heavy atom. The van der Waals surface area contributed by atoms with Crippen LogP contribution in [0.5, 0.6) is 0 Å². The predicted molar refractivity (Wildman–Crippen MR) is 492 cm³/mol. The Bertz CT molecular complexity index is 7540. The van der Waals surface area contributed by atoms with Gasteiger partial charge in [-0.3, -0.25) is 0 Å². The molecule has 25 rings (SSSR count). The summed E-state index contributed by atoms with van der Waals surface area (Å²) in [5.74, 6) is 0. The van der Waals surface area contributed by atoms with Crippen LogP contribution < -0.4 is 0 Å². The second-order valence-electron chi connectivity index (χ2n) is 31.4. The summed E-state index contributed by atoms with van der Waals surface area (Å²) in [6.45, 7) is 0. The third kappa shape index (κ3) is 9.05. The van der Waals surface area contributed by atoms with E-state index in [1.807, 2.05) is 0 Å². The Hall–Kier alpha value is -14.8. The molecule has 0 nitrogen and oxygen atoms in total. The molecule has 0 radical (unpaired) electrons. The average molecular weight is 1440 g/mol. The molecule has 0 atom stereocenters. The van der Waals surface area contributed by atoms with Gasteiger partial charge in [0, 0.05) is 0 Å². The maximum absolute atomic E-state index is 2.55. The molecule has 0 aliphatic carbocycles. The van der Waals surface area contributed by atoms with Gasteiger partial charge in [0.05, 0.1) is 0 Å². The van der Waals surface area contributed by atoms with Gasteiger partial charge in [-0.2, -0.15) is 0 Å². The molecule has 25 aromatic rings. The van der Waals surface area contributed by atoms with Crippen molar-refractivity contribution in [1.82, 2.24) is 0 Å². The second-order valence-corrected chi connectivity index (χ2v) is 31.4. The molecule has 0 aliphatic rings. The Morgan fingerprint density at radius 1 is 0.0877 bits per heavy atom. The lowest BCUT2D eigenvalue weighted by Gasteiger charge is -2.24. The van der Waals surface area contributed by atoms with E-state index in [0.29, 0.717) is 0 Å². The molecule has 0 fully saturated rings. The average Bonchev–Trinajstić information content (AvgIpc) is 0.702. The van der Waals surface area contributed by atoms with Crippen molar-refractivity contribution in [1.29, 1.82) is 0 Å². The van der Waals surface area contributed by atoms with Gasteiger partial charge in [0.2, 0.25) is 0 Å². The van der Waals surface area contributed by atoms with Gasteiger partial charge < -0.3 is 0 Å². The molecule has 0 aliphatic heterocycles. The van der Waals surface area contributed by atoms with Crippen molar-refractivity contribution in [2.24, 2.45) is 0 Å². The SMILES string of the molecule is c1ccc(-c2c3ccc(-c4cc(-c5ccc6c(-c7ccccc7)c7c8cccc9ccc%10cccc(c7c(-c7ccccc7)c6c5)c%10c98)cc(-c5ccc6c(-c7ccccc7)c7c8cccc9ccc%10cccc(c7c(-c7ccccc7)c6c5)c%10c98)c4)cc3c(-c3ccccc3)c3c4cccc5ccc6cccc(c23)c6c54)cc1. The van der Waals surface area contributed by atoms with Gasteiger partial charge in [-0.1, -0.05) is 364 Å². The molecule has 0 bridgehead atoms. The van der Waals surface area contributed by atoms with Crippen LogP contribution in [0.25, 0.3) is 262 Å². The summed E-state index contributed by atoms with van der Waals surface area (Å²) in [5.41, 5.74) is 21.4. The van der Waals surface area contributed by atoms with Crippen molar-refractivity contribution in [3.63, 3.8) is 0 Å². The molecule has 0 unspecified atom stereocenters. The minimum absolute atomic E-state index is 1.13. The monoisotopic (exact) mass is 1430 g/mol. The predicted octanol–water partition coefficient (Wildman–Crippen LogP) is 32.3. The summed E-state index contributed by atoms with van der Waals surface area (Å²) in [6.07, 6.45) is 0. The van der Waals surface area contributed by atoms with Crippen LogP contribution in [0.15, 0.2) is 400 Å². The molecule has 0 amide bonds. The van der Waals surface area contributed by atoms with E-state index in [4.69, 9.17) is 0 Å². The lowest BCUT2D eigenvalue weighted by atomic mass is 9.79. The van der Waals surface area contributed by atoms with E-state index in [9.17, 15) is 0 Å². The molecule has 522 valence electrons. The van der Waals surface area contributed by atoms with Crippen molar-refractivity contribution >= 4 is 162 Å². The minimum atomic E-state index is 1.13. The molecule has 25 aromatic carbocycles. The third-order valence-electron chi connectivity index (χ3n) is 25.5. The molecule has 0 N–H and O–H groups in total. The Morgan fingerprint density at radius 3 is 0.465 bits per heavy atom. The normalized spacial score (nSPS) is 12.2. The van der Waals surface area contributed by atoms with Crippen molar-refractivity contribution in [3.05, 3.63) is 400 Å². The van der Waals surface area contributed by atoms with Gasteiger partial charge in [-0.15, -0.1) is 0 Å².